The van der Waals surface area contributed by atoms with Gasteiger partial charge in [-0.2, -0.15) is 0 Å². The number of anilines is 2. The van der Waals surface area contributed by atoms with Gasteiger partial charge in [0.2, 0.25) is 0 Å². The van der Waals surface area contributed by atoms with Crippen molar-refractivity contribution in [3.8, 4) is 5.75 Å². The Morgan fingerprint density at radius 3 is 2.32 bits per heavy atom. The number of carbonyl (C=O) groups is 2. The van der Waals surface area contributed by atoms with E-state index in [4.69, 9.17) is 16.3 Å². The summed E-state index contributed by atoms with van der Waals surface area (Å²) in [5.74, 6) is -0.169. The lowest BCUT2D eigenvalue weighted by atomic mass is 10.2. The SMILES string of the molecule is COc1cccc(NC2=C(Sc3ccc(C)cc3)C(=O)N(c3ccc(Cl)cc3)C2=O)c1. The summed E-state index contributed by atoms with van der Waals surface area (Å²) in [6, 6.07) is 21.6. The first kappa shape index (κ1) is 21.0. The number of nitrogens with zero attached hydrogens (tertiary/aromatic N) is 1. The zero-order valence-electron chi connectivity index (χ0n) is 16.9. The predicted octanol–water partition coefficient (Wildman–Crippen LogP) is 5.65. The van der Waals surface area contributed by atoms with Gasteiger partial charge in [-0.15, -0.1) is 0 Å². The Labute approximate surface area is 189 Å². The minimum atomic E-state index is -0.426. The highest BCUT2D eigenvalue weighted by Gasteiger charge is 2.40. The van der Waals surface area contributed by atoms with Crippen molar-refractivity contribution in [3.63, 3.8) is 0 Å². The normalized spacial score (nSPS) is 13.7. The number of hydrogen-bond acceptors (Lipinski definition) is 5. The van der Waals surface area contributed by atoms with Crippen molar-refractivity contribution in [1.82, 2.24) is 0 Å². The first-order valence-electron chi connectivity index (χ1n) is 9.50. The molecule has 156 valence electrons. The third-order valence-electron chi connectivity index (χ3n) is 4.71. The number of nitrogens with one attached hydrogen (secondary N) is 1. The molecule has 0 atom stereocenters. The number of aryl methyl sites for hydroxylation is 1. The lowest BCUT2D eigenvalue weighted by Gasteiger charge is -2.15. The number of rotatable bonds is 6. The van der Waals surface area contributed by atoms with Gasteiger partial charge in [0, 0.05) is 21.7 Å². The number of methoxy groups -OCH3 is 1. The number of carbonyl (C=O) groups excluding carboxylic acids is 2. The van der Waals surface area contributed by atoms with Gasteiger partial charge in [-0.3, -0.25) is 9.59 Å². The van der Waals surface area contributed by atoms with Gasteiger partial charge >= 0.3 is 0 Å². The Morgan fingerprint density at radius 2 is 1.65 bits per heavy atom. The van der Waals surface area contributed by atoms with Crippen molar-refractivity contribution in [2.75, 3.05) is 17.3 Å². The smallest absolute Gasteiger partial charge is 0.283 e. The standard InChI is InChI=1S/C24H19ClN2O3S/c1-15-6-12-20(13-7-15)31-22-21(26-17-4-3-5-19(14-17)30-2)23(28)27(24(22)29)18-10-8-16(25)9-11-18/h3-14,26H,1-2H3. The van der Waals surface area contributed by atoms with E-state index in [1.807, 2.05) is 49.4 Å². The maximum atomic E-state index is 13.3. The second-order valence-corrected chi connectivity index (χ2v) is 8.42. The lowest BCUT2D eigenvalue weighted by molar-refractivity contribution is -0.120. The summed E-state index contributed by atoms with van der Waals surface area (Å²) in [7, 11) is 1.57. The van der Waals surface area contributed by atoms with E-state index in [-0.39, 0.29) is 11.6 Å². The number of benzene rings is 3. The second kappa shape index (κ2) is 8.88. The molecule has 0 spiro atoms. The summed E-state index contributed by atoms with van der Waals surface area (Å²) in [6.07, 6.45) is 0. The minimum Gasteiger partial charge on any atom is -0.497 e. The Bertz CT molecular complexity index is 1170. The molecule has 1 N–H and O–H groups in total. The zero-order chi connectivity index (χ0) is 22.0. The van der Waals surface area contributed by atoms with Crippen LogP contribution in [0, 0.1) is 6.92 Å². The van der Waals surface area contributed by atoms with E-state index < -0.39 is 5.91 Å². The fourth-order valence-corrected chi connectivity index (χ4v) is 4.16. The monoisotopic (exact) mass is 450 g/mol. The molecule has 0 unspecified atom stereocenters. The van der Waals surface area contributed by atoms with Crippen LogP contribution >= 0.6 is 23.4 Å². The highest BCUT2D eigenvalue weighted by atomic mass is 35.5. The molecule has 1 aliphatic heterocycles. The molecule has 0 radical (unpaired) electrons. The lowest BCUT2D eigenvalue weighted by Crippen LogP contribution is -2.32. The van der Waals surface area contributed by atoms with Gasteiger partial charge in [0.1, 0.15) is 16.4 Å². The molecule has 1 aliphatic rings. The summed E-state index contributed by atoms with van der Waals surface area (Å²) in [4.78, 5) is 29.0. The van der Waals surface area contributed by atoms with E-state index in [1.165, 1.54) is 11.8 Å². The molecule has 7 heteroatoms. The van der Waals surface area contributed by atoms with Gasteiger partial charge in [-0.1, -0.05) is 47.1 Å². The zero-order valence-corrected chi connectivity index (χ0v) is 18.5. The third-order valence-corrected chi connectivity index (χ3v) is 6.05. The number of ether oxygens (including phenoxy) is 1. The van der Waals surface area contributed by atoms with E-state index in [0.717, 1.165) is 15.4 Å². The van der Waals surface area contributed by atoms with Crippen molar-refractivity contribution < 1.29 is 14.3 Å². The second-order valence-electron chi connectivity index (χ2n) is 6.90. The molecule has 1 heterocycles. The van der Waals surface area contributed by atoms with Gasteiger partial charge in [0.25, 0.3) is 11.8 Å². The molecule has 0 fully saturated rings. The van der Waals surface area contributed by atoms with E-state index in [9.17, 15) is 9.59 Å². The highest BCUT2D eigenvalue weighted by Crippen LogP contribution is 2.38. The van der Waals surface area contributed by atoms with Crippen LogP contribution < -0.4 is 15.0 Å². The highest BCUT2D eigenvalue weighted by molar-refractivity contribution is 8.04. The van der Waals surface area contributed by atoms with Gasteiger partial charge in [0.05, 0.1) is 12.8 Å². The topological polar surface area (TPSA) is 58.6 Å². The third kappa shape index (κ3) is 4.45. The molecular formula is C24H19ClN2O3S. The van der Waals surface area contributed by atoms with Gasteiger partial charge < -0.3 is 10.1 Å². The molecule has 5 nitrogen and oxygen atoms in total. The number of halogens is 1. The average molecular weight is 451 g/mol. The first-order valence-corrected chi connectivity index (χ1v) is 10.7. The first-order chi connectivity index (χ1) is 15.0. The van der Waals surface area contributed by atoms with E-state index >= 15 is 0 Å². The number of imide groups is 1. The summed E-state index contributed by atoms with van der Waals surface area (Å²) in [5, 5.41) is 3.66. The van der Waals surface area contributed by atoms with Crippen LogP contribution in [0.4, 0.5) is 11.4 Å². The van der Waals surface area contributed by atoms with Crippen molar-refractivity contribution in [3.05, 3.63) is 94.0 Å². The van der Waals surface area contributed by atoms with Crippen LogP contribution in [0.5, 0.6) is 5.75 Å². The van der Waals surface area contributed by atoms with Gasteiger partial charge in [-0.05, 0) is 55.5 Å². The Kier molecular flexibility index (Phi) is 6.02. The largest absolute Gasteiger partial charge is 0.497 e. The van der Waals surface area contributed by atoms with E-state index in [0.29, 0.717) is 27.1 Å². The van der Waals surface area contributed by atoms with Gasteiger partial charge in [-0.25, -0.2) is 4.90 Å². The maximum absolute atomic E-state index is 13.3. The molecule has 4 rings (SSSR count). The molecule has 2 amide bonds. The van der Waals surface area contributed by atoms with Crippen LogP contribution in [0.1, 0.15) is 5.56 Å². The summed E-state index contributed by atoms with van der Waals surface area (Å²) >= 11 is 7.24. The molecular weight excluding hydrogens is 432 g/mol. The number of hydrogen-bond donors (Lipinski definition) is 1. The quantitative estimate of drug-likeness (QED) is 0.492. The average Bonchev–Trinajstić information content (AvgIpc) is 3.00. The molecule has 3 aromatic rings. The Morgan fingerprint density at radius 1 is 0.935 bits per heavy atom. The van der Waals surface area contributed by atoms with Crippen molar-refractivity contribution in [1.29, 1.82) is 0 Å². The molecule has 0 aromatic heterocycles. The van der Waals surface area contributed by atoms with E-state index in [1.54, 1.807) is 37.4 Å². The van der Waals surface area contributed by atoms with Gasteiger partial charge in [0.15, 0.2) is 0 Å². The predicted molar refractivity (Wildman–Crippen MR) is 125 cm³/mol. The molecule has 0 bridgehead atoms. The van der Waals surface area contributed by atoms with Crippen LogP contribution in [0.3, 0.4) is 0 Å². The van der Waals surface area contributed by atoms with Crippen molar-refractivity contribution >= 4 is 46.6 Å². The maximum Gasteiger partial charge on any atom is 0.283 e. The number of amides is 2. The Hall–Kier alpha value is -3.22. The van der Waals surface area contributed by atoms with E-state index in [2.05, 4.69) is 5.32 Å². The molecule has 0 aliphatic carbocycles. The fraction of sp³-hybridized carbons (Fsp3) is 0.0833. The van der Waals surface area contributed by atoms with Crippen LogP contribution in [0.15, 0.2) is 88.3 Å². The molecule has 3 aromatic carbocycles. The summed E-state index contributed by atoms with van der Waals surface area (Å²) in [6.45, 7) is 2.00. The van der Waals surface area contributed by atoms with Crippen LogP contribution in [-0.4, -0.2) is 18.9 Å². The summed E-state index contributed by atoms with van der Waals surface area (Å²) < 4.78 is 5.27. The van der Waals surface area contributed by atoms with Crippen LogP contribution in [-0.2, 0) is 9.59 Å². The molecule has 0 saturated heterocycles. The van der Waals surface area contributed by atoms with Crippen molar-refractivity contribution in [2.24, 2.45) is 0 Å². The molecule has 31 heavy (non-hydrogen) atoms. The molecule has 0 saturated carbocycles. The summed E-state index contributed by atoms with van der Waals surface area (Å²) in [5.41, 5.74) is 2.45. The van der Waals surface area contributed by atoms with Crippen molar-refractivity contribution in [2.45, 2.75) is 11.8 Å². The Balaban J connectivity index is 1.74. The van der Waals surface area contributed by atoms with Crippen LogP contribution in [0.2, 0.25) is 5.02 Å². The fourth-order valence-electron chi connectivity index (χ4n) is 3.11. The number of thioether (sulfide) groups is 1. The minimum absolute atomic E-state index is 0.221. The van der Waals surface area contributed by atoms with Crippen LogP contribution in [0.25, 0.3) is 0 Å².